The number of rotatable bonds is 4. The van der Waals surface area contributed by atoms with Gasteiger partial charge in [0.25, 0.3) is 5.91 Å². The average molecular weight is 317 g/mol. The van der Waals surface area contributed by atoms with E-state index in [9.17, 15) is 14.0 Å². The minimum atomic E-state index is -0.816. The highest BCUT2D eigenvalue weighted by atomic mass is 19.1. The first-order chi connectivity index (χ1) is 11.0. The van der Waals surface area contributed by atoms with Crippen LogP contribution >= 0.6 is 0 Å². The average Bonchev–Trinajstić information content (AvgIpc) is 2.55. The smallest absolute Gasteiger partial charge is 0.306 e. The molecule has 23 heavy (non-hydrogen) atoms. The van der Waals surface area contributed by atoms with Crippen LogP contribution in [0.5, 0.6) is 0 Å². The van der Waals surface area contributed by atoms with Gasteiger partial charge < -0.3 is 15.3 Å². The highest BCUT2D eigenvalue weighted by molar-refractivity contribution is 6.06. The first-order valence-electron chi connectivity index (χ1n) is 7.15. The molecular formula is C16H16FN3O3. The van der Waals surface area contributed by atoms with Gasteiger partial charge in [-0.05, 0) is 37.1 Å². The van der Waals surface area contributed by atoms with E-state index in [-0.39, 0.29) is 11.5 Å². The van der Waals surface area contributed by atoms with Crippen LogP contribution in [0, 0.1) is 23.1 Å². The highest BCUT2D eigenvalue weighted by Gasteiger charge is 2.24. The van der Waals surface area contributed by atoms with E-state index in [1.165, 1.54) is 30.5 Å². The number of halogens is 1. The van der Waals surface area contributed by atoms with Gasteiger partial charge in [0.1, 0.15) is 17.5 Å². The van der Waals surface area contributed by atoms with Crippen LogP contribution in [0.4, 0.5) is 10.1 Å². The van der Waals surface area contributed by atoms with Gasteiger partial charge in [-0.1, -0.05) is 0 Å². The number of nitrogens with zero attached hydrogens (tertiary/aromatic N) is 2. The van der Waals surface area contributed by atoms with E-state index in [1.54, 1.807) is 4.90 Å². The fourth-order valence-corrected chi connectivity index (χ4v) is 2.33. The number of carbonyl (C=O) groups excluding carboxylic acids is 1. The zero-order chi connectivity index (χ0) is 16.8. The molecule has 0 aliphatic carbocycles. The first-order valence-corrected chi connectivity index (χ1v) is 7.15. The van der Waals surface area contributed by atoms with Gasteiger partial charge in [-0.3, -0.25) is 9.59 Å². The molecule has 1 aliphatic heterocycles. The number of hydrogen-bond acceptors (Lipinski definition) is 4. The Morgan fingerprint density at radius 2 is 1.91 bits per heavy atom. The topological polar surface area (TPSA) is 93.4 Å². The van der Waals surface area contributed by atoms with Crippen molar-refractivity contribution in [2.75, 3.05) is 18.4 Å². The van der Waals surface area contributed by atoms with Crippen LogP contribution in [0.2, 0.25) is 0 Å². The third-order valence-corrected chi connectivity index (χ3v) is 3.66. The minimum absolute atomic E-state index is 0.0805. The zero-order valence-electron chi connectivity index (χ0n) is 12.3. The molecule has 2 N–H and O–H groups in total. The Labute approximate surface area is 132 Å². The molecule has 6 nitrogen and oxygen atoms in total. The van der Waals surface area contributed by atoms with Gasteiger partial charge in [0.15, 0.2) is 0 Å². The molecule has 1 aromatic rings. The maximum absolute atomic E-state index is 12.8. The maximum atomic E-state index is 12.8. The molecule has 0 saturated carbocycles. The second-order valence-corrected chi connectivity index (χ2v) is 5.26. The number of piperidine rings is 1. The van der Waals surface area contributed by atoms with Crippen molar-refractivity contribution in [3.63, 3.8) is 0 Å². The van der Waals surface area contributed by atoms with E-state index in [0.29, 0.717) is 31.6 Å². The fourth-order valence-electron chi connectivity index (χ4n) is 2.33. The van der Waals surface area contributed by atoms with E-state index in [2.05, 4.69) is 5.32 Å². The third kappa shape index (κ3) is 4.54. The second-order valence-electron chi connectivity index (χ2n) is 5.26. The first kappa shape index (κ1) is 16.5. The zero-order valence-corrected chi connectivity index (χ0v) is 12.3. The predicted octanol–water partition coefficient (Wildman–Crippen LogP) is 1.97. The molecule has 1 amide bonds. The molecular weight excluding hydrogens is 301 g/mol. The molecule has 1 aliphatic rings. The summed E-state index contributed by atoms with van der Waals surface area (Å²) in [4.78, 5) is 24.7. The molecule has 0 spiro atoms. The van der Waals surface area contributed by atoms with E-state index in [1.807, 2.05) is 6.07 Å². The number of amides is 1. The molecule has 0 aromatic heterocycles. The molecule has 2 rings (SSSR count). The molecule has 120 valence electrons. The lowest BCUT2D eigenvalue weighted by molar-refractivity contribution is -0.143. The lowest BCUT2D eigenvalue weighted by Gasteiger charge is -2.29. The lowest BCUT2D eigenvalue weighted by atomic mass is 9.97. The largest absolute Gasteiger partial charge is 0.481 e. The number of nitriles is 1. The summed E-state index contributed by atoms with van der Waals surface area (Å²) in [7, 11) is 0. The molecule has 1 aromatic carbocycles. The summed E-state index contributed by atoms with van der Waals surface area (Å²) in [5.74, 6) is -2.19. The lowest BCUT2D eigenvalue weighted by Crippen LogP contribution is -2.33. The van der Waals surface area contributed by atoms with Crippen LogP contribution < -0.4 is 5.32 Å². The molecule has 1 saturated heterocycles. The number of carbonyl (C=O) groups is 2. The molecule has 0 bridgehead atoms. The summed E-state index contributed by atoms with van der Waals surface area (Å²) < 4.78 is 12.8. The number of nitrogens with one attached hydrogen (secondary N) is 1. The molecule has 0 radical (unpaired) electrons. The van der Waals surface area contributed by atoms with Gasteiger partial charge >= 0.3 is 5.97 Å². The van der Waals surface area contributed by atoms with Crippen molar-refractivity contribution in [2.45, 2.75) is 12.8 Å². The standard InChI is InChI=1S/C16H16FN3O3/c17-13-1-3-14(4-2-13)19-15(21)12(9-18)10-20-7-5-11(6-8-20)16(22)23/h1-4,10-11H,5-8H2,(H,19,21)(H,22,23)/b12-10-. The Hall–Kier alpha value is -2.88. The van der Waals surface area contributed by atoms with Gasteiger partial charge in [-0.15, -0.1) is 0 Å². The normalized spacial score (nSPS) is 15.8. The number of carboxylic acids is 1. The van der Waals surface area contributed by atoms with Crippen molar-refractivity contribution in [1.82, 2.24) is 4.90 Å². The fraction of sp³-hybridized carbons (Fsp3) is 0.312. The van der Waals surface area contributed by atoms with Crippen molar-refractivity contribution in [3.05, 3.63) is 41.9 Å². The van der Waals surface area contributed by atoms with E-state index in [0.717, 1.165) is 0 Å². The van der Waals surface area contributed by atoms with Crippen LogP contribution in [0.3, 0.4) is 0 Å². The van der Waals surface area contributed by atoms with Crippen molar-refractivity contribution >= 4 is 17.6 Å². The third-order valence-electron chi connectivity index (χ3n) is 3.66. The van der Waals surface area contributed by atoms with E-state index < -0.39 is 17.7 Å². The van der Waals surface area contributed by atoms with Crippen molar-refractivity contribution < 1.29 is 19.1 Å². The second kappa shape index (κ2) is 7.40. The summed E-state index contributed by atoms with van der Waals surface area (Å²) in [5.41, 5.74) is 0.310. The van der Waals surface area contributed by atoms with Crippen LogP contribution in [0.15, 0.2) is 36.0 Å². The Bertz CT molecular complexity index is 656. The van der Waals surface area contributed by atoms with Gasteiger partial charge in [-0.25, -0.2) is 4.39 Å². The van der Waals surface area contributed by atoms with Crippen LogP contribution in [0.1, 0.15) is 12.8 Å². The van der Waals surface area contributed by atoms with Crippen molar-refractivity contribution in [1.29, 1.82) is 5.26 Å². The van der Waals surface area contributed by atoms with Crippen molar-refractivity contribution in [3.8, 4) is 6.07 Å². The molecule has 1 fully saturated rings. The number of anilines is 1. The number of likely N-dealkylation sites (tertiary alicyclic amines) is 1. The van der Waals surface area contributed by atoms with Crippen LogP contribution in [-0.2, 0) is 9.59 Å². The van der Waals surface area contributed by atoms with Gasteiger partial charge in [0.05, 0.1) is 5.92 Å². The van der Waals surface area contributed by atoms with Crippen LogP contribution in [0.25, 0.3) is 0 Å². The summed E-state index contributed by atoms with van der Waals surface area (Å²) in [6.07, 6.45) is 2.39. The molecule has 7 heteroatoms. The Balaban J connectivity index is 1.99. The maximum Gasteiger partial charge on any atom is 0.306 e. The Kier molecular flexibility index (Phi) is 5.31. The Morgan fingerprint density at radius 1 is 1.30 bits per heavy atom. The summed E-state index contributed by atoms with van der Waals surface area (Å²) in [5, 5.41) is 20.6. The van der Waals surface area contributed by atoms with E-state index >= 15 is 0 Å². The number of carboxylic acid groups (broad SMARTS) is 1. The monoisotopic (exact) mass is 317 g/mol. The van der Waals surface area contributed by atoms with Gasteiger partial charge in [-0.2, -0.15) is 5.26 Å². The summed E-state index contributed by atoms with van der Waals surface area (Å²) >= 11 is 0. The predicted molar refractivity (Wildman–Crippen MR) is 80.7 cm³/mol. The number of benzene rings is 1. The Morgan fingerprint density at radius 3 is 2.43 bits per heavy atom. The highest BCUT2D eigenvalue weighted by Crippen LogP contribution is 2.18. The molecule has 0 unspecified atom stereocenters. The number of hydrogen-bond donors (Lipinski definition) is 2. The van der Waals surface area contributed by atoms with E-state index in [4.69, 9.17) is 10.4 Å². The SMILES string of the molecule is N#C/C(=C/N1CCC(C(=O)O)CC1)C(=O)Nc1ccc(F)cc1. The van der Waals surface area contributed by atoms with Gasteiger partial charge in [0.2, 0.25) is 0 Å². The molecule has 1 heterocycles. The summed E-state index contributed by atoms with van der Waals surface area (Å²) in [6.45, 7) is 0.956. The molecule has 0 atom stereocenters. The minimum Gasteiger partial charge on any atom is -0.481 e. The van der Waals surface area contributed by atoms with Crippen molar-refractivity contribution in [2.24, 2.45) is 5.92 Å². The summed E-state index contributed by atoms with van der Waals surface area (Å²) in [6, 6.07) is 7.06. The quantitative estimate of drug-likeness (QED) is 0.654. The number of aliphatic carboxylic acids is 1. The van der Waals surface area contributed by atoms with Crippen LogP contribution in [-0.4, -0.2) is 35.0 Å². The van der Waals surface area contributed by atoms with Gasteiger partial charge in [0, 0.05) is 25.0 Å².